The molecule has 1 aromatic heterocycles. The predicted octanol–water partition coefficient (Wildman–Crippen LogP) is -0.139. The van der Waals surface area contributed by atoms with Crippen LogP contribution in [0.1, 0.15) is 23.1 Å². The number of hydrogen-bond donors (Lipinski definition) is 1. The highest BCUT2D eigenvalue weighted by Crippen LogP contribution is 2.13. The van der Waals surface area contributed by atoms with Gasteiger partial charge in [-0.3, -0.25) is 9.59 Å². The van der Waals surface area contributed by atoms with E-state index in [2.05, 4.69) is 20.8 Å². The van der Waals surface area contributed by atoms with Gasteiger partial charge in [-0.25, -0.2) is 4.68 Å². The maximum Gasteiger partial charge on any atom is 0.251 e. The van der Waals surface area contributed by atoms with Crippen LogP contribution >= 0.6 is 0 Å². The molecule has 10 heteroatoms. The van der Waals surface area contributed by atoms with Crippen molar-refractivity contribution in [1.29, 1.82) is 0 Å². The number of aryl methyl sites for hydroxylation is 1. The molecule has 0 saturated carbocycles. The third kappa shape index (κ3) is 5.00. The third-order valence-electron chi connectivity index (χ3n) is 4.15. The number of nitrogens with zero attached hydrogens (tertiary/aromatic N) is 5. The van der Waals surface area contributed by atoms with Gasteiger partial charge in [-0.05, 0) is 41.6 Å². The maximum absolute atomic E-state index is 12.2. The number of aromatic nitrogens is 4. The fourth-order valence-corrected chi connectivity index (χ4v) is 2.61. The first kappa shape index (κ1) is 18.8. The highest BCUT2D eigenvalue weighted by Gasteiger charge is 2.17. The lowest BCUT2D eigenvalue weighted by atomic mass is 10.2. The smallest absolute Gasteiger partial charge is 0.251 e. The van der Waals surface area contributed by atoms with E-state index in [0.717, 1.165) is 0 Å². The molecule has 1 aromatic carbocycles. The van der Waals surface area contributed by atoms with Crippen molar-refractivity contribution in [1.82, 2.24) is 30.4 Å². The highest BCUT2D eigenvalue weighted by molar-refractivity contribution is 5.96. The fraction of sp³-hybridized carbons (Fsp3) is 0.471. The Hall–Kier alpha value is -3.01. The summed E-state index contributed by atoms with van der Waals surface area (Å²) in [4.78, 5) is 25.9. The zero-order valence-corrected chi connectivity index (χ0v) is 15.1. The quantitative estimate of drug-likeness (QED) is 0.718. The highest BCUT2D eigenvalue weighted by atomic mass is 16.5. The molecule has 1 saturated heterocycles. The molecule has 1 N–H and O–H groups in total. The summed E-state index contributed by atoms with van der Waals surface area (Å²) in [6, 6.07) is 6.68. The molecule has 0 unspecified atom stereocenters. The minimum absolute atomic E-state index is 0.0310. The standard InChI is InChI=1S/C17H22N6O4/c1-2-23-15(19-20-21-23)12-27-14-5-3-13(4-6-14)17(25)18-11-16(24)22-7-9-26-10-8-22/h3-6H,2,7-12H2,1H3,(H,18,25). The first-order valence-corrected chi connectivity index (χ1v) is 8.79. The molecule has 0 aliphatic carbocycles. The van der Waals surface area contributed by atoms with Crippen LogP contribution in [-0.4, -0.2) is 69.8 Å². The van der Waals surface area contributed by atoms with Crippen LogP contribution in [0.15, 0.2) is 24.3 Å². The van der Waals surface area contributed by atoms with Crippen LogP contribution < -0.4 is 10.1 Å². The summed E-state index contributed by atoms with van der Waals surface area (Å²) >= 11 is 0. The van der Waals surface area contributed by atoms with Gasteiger partial charge in [0.2, 0.25) is 5.91 Å². The Labute approximate surface area is 156 Å². The Bertz CT molecular complexity index is 770. The number of amides is 2. The first-order valence-electron chi connectivity index (χ1n) is 8.79. The normalized spacial score (nSPS) is 14.0. The monoisotopic (exact) mass is 374 g/mol. The second-order valence-corrected chi connectivity index (χ2v) is 5.90. The molecule has 3 rings (SSSR count). The van der Waals surface area contributed by atoms with Crippen molar-refractivity contribution >= 4 is 11.8 Å². The molecule has 2 aromatic rings. The molecule has 0 spiro atoms. The summed E-state index contributed by atoms with van der Waals surface area (Å²) in [5, 5.41) is 14.0. The van der Waals surface area contributed by atoms with Crippen molar-refractivity contribution in [2.24, 2.45) is 0 Å². The lowest BCUT2D eigenvalue weighted by Crippen LogP contribution is -2.45. The molecular weight excluding hydrogens is 352 g/mol. The van der Waals surface area contributed by atoms with Crippen molar-refractivity contribution < 1.29 is 19.1 Å². The van der Waals surface area contributed by atoms with Gasteiger partial charge in [-0.15, -0.1) is 5.10 Å². The zero-order chi connectivity index (χ0) is 19.1. The molecule has 2 amide bonds. The number of benzene rings is 1. The number of tetrazole rings is 1. The zero-order valence-electron chi connectivity index (χ0n) is 15.1. The van der Waals surface area contributed by atoms with E-state index in [4.69, 9.17) is 9.47 Å². The number of carbonyl (C=O) groups excluding carboxylic acids is 2. The number of hydrogen-bond acceptors (Lipinski definition) is 7. The van der Waals surface area contributed by atoms with Gasteiger partial charge in [0.25, 0.3) is 5.91 Å². The summed E-state index contributed by atoms with van der Waals surface area (Å²) in [7, 11) is 0. The van der Waals surface area contributed by atoms with Crippen LogP contribution in [0.25, 0.3) is 0 Å². The molecule has 10 nitrogen and oxygen atoms in total. The van der Waals surface area contributed by atoms with Gasteiger partial charge < -0.3 is 19.7 Å². The van der Waals surface area contributed by atoms with Gasteiger partial charge >= 0.3 is 0 Å². The molecule has 0 radical (unpaired) electrons. The lowest BCUT2D eigenvalue weighted by molar-refractivity contribution is -0.134. The summed E-state index contributed by atoms with van der Waals surface area (Å²) in [5.74, 6) is 0.806. The number of carbonyl (C=O) groups is 2. The van der Waals surface area contributed by atoms with E-state index < -0.39 is 0 Å². The third-order valence-corrected chi connectivity index (χ3v) is 4.15. The van der Waals surface area contributed by atoms with E-state index in [0.29, 0.717) is 50.0 Å². The van der Waals surface area contributed by atoms with E-state index in [1.54, 1.807) is 33.8 Å². The average molecular weight is 374 g/mol. The summed E-state index contributed by atoms with van der Waals surface area (Å²) in [5.41, 5.74) is 0.454. The first-order chi connectivity index (χ1) is 13.2. The number of nitrogens with one attached hydrogen (secondary N) is 1. The van der Waals surface area contributed by atoms with Crippen molar-refractivity contribution in [3.63, 3.8) is 0 Å². The Morgan fingerprint density at radius 3 is 2.67 bits per heavy atom. The van der Waals surface area contributed by atoms with Crippen LogP contribution in [0.5, 0.6) is 5.75 Å². The Morgan fingerprint density at radius 1 is 1.22 bits per heavy atom. The van der Waals surface area contributed by atoms with Crippen molar-refractivity contribution in [3.8, 4) is 5.75 Å². The summed E-state index contributed by atoms with van der Waals surface area (Å²) < 4.78 is 12.5. The van der Waals surface area contributed by atoms with Gasteiger partial charge in [0, 0.05) is 25.2 Å². The number of rotatable bonds is 7. The second-order valence-electron chi connectivity index (χ2n) is 5.90. The molecule has 27 heavy (non-hydrogen) atoms. The van der Waals surface area contributed by atoms with Crippen molar-refractivity contribution in [2.75, 3.05) is 32.8 Å². The predicted molar refractivity (Wildman–Crippen MR) is 94.0 cm³/mol. The SMILES string of the molecule is CCn1nnnc1COc1ccc(C(=O)NCC(=O)N2CCOCC2)cc1. The average Bonchev–Trinajstić information content (AvgIpc) is 3.19. The molecule has 1 aliphatic rings. The Kier molecular flexibility index (Phi) is 6.31. The van der Waals surface area contributed by atoms with E-state index in [1.165, 1.54) is 0 Å². The largest absolute Gasteiger partial charge is 0.486 e. The molecular formula is C17H22N6O4. The fourth-order valence-electron chi connectivity index (χ4n) is 2.61. The summed E-state index contributed by atoms with van der Waals surface area (Å²) in [6.07, 6.45) is 0. The van der Waals surface area contributed by atoms with Gasteiger partial charge in [-0.2, -0.15) is 0 Å². The Balaban J connectivity index is 1.47. The van der Waals surface area contributed by atoms with Crippen molar-refractivity contribution in [2.45, 2.75) is 20.1 Å². The van der Waals surface area contributed by atoms with Gasteiger partial charge in [-0.1, -0.05) is 0 Å². The lowest BCUT2D eigenvalue weighted by Gasteiger charge is -2.26. The maximum atomic E-state index is 12.2. The molecule has 1 fully saturated rings. The van der Waals surface area contributed by atoms with Crippen LogP contribution in [0.4, 0.5) is 0 Å². The van der Waals surface area contributed by atoms with Gasteiger partial charge in [0.05, 0.1) is 19.8 Å². The Morgan fingerprint density at radius 2 is 1.96 bits per heavy atom. The molecule has 1 aliphatic heterocycles. The van der Waals surface area contributed by atoms with E-state index in [-0.39, 0.29) is 25.0 Å². The van der Waals surface area contributed by atoms with Crippen LogP contribution in [0.3, 0.4) is 0 Å². The molecule has 0 atom stereocenters. The number of morpholine rings is 1. The minimum atomic E-state index is -0.307. The minimum Gasteiger partial charge on any atom is -0.486 e. The van der Waals surface area contributed by atoms with Gasteiger partial charge in [0.15, 0.2) is 5.82 Å². The molecule has 0 bridgehead atoms. The van der Waals surface area contributed by atoms with Crippen LogP contribution in [0, 0.1) is 0 Å². The van der Waals surface area contributed by atoms with Crippen molar-refractivity contribution in [3.05, 3.63) is 35.7 Å². The topological polar surface area (TPSA) is 111 Å². The van der Waals surface area contributed by atoms with Gasteiger partial charge in [0.1, 0.15) is 12.4 Å². The molecule has 2 heterocycles. The van der Waals surface area contributed by atoms with E-state index in [9.17, 15) is 9.59 Å². The van der Waals surface area contributed by atoms with Crippen LogP contribution in [-0.2, 0) is 22.7 Å². The second kappa shape index (κ2) is 9.08. The van der Waals surface area contributed by atoms with E-state index in [1.807, 2.05) is 6.92 Å². The molecule has 144 valence electrons. The summed E-state index contributed by atoms with van der Waals surface area (Å²) in [6.45, 7) is 4.99. The van der Waals surface area contributed by atoms with Crippen LogP contribution in [0.2, 0.25) is 0 Å². The number of ether oxygens (including phenoxy) is 2. The van der Waals surface area contributed by atoms with E-state index >= 15 is 0 Å².